The van der Waals surface area contributed by atoms with Crippen molar-refractivity contribution in [3.05, 3.63) is 48.5 Å². The molecule has 4 nitrogen and oxygen atoms in total. The number of hydrogen-bond acceptors (Lipinski definition) is 4. The molecule has 0 heterocycles. The van der Waals surface area contributed by atoms with Crippen molar-refractivity contribution in [2.24, 2.45) is 10.2 Å². The number of alkyl halides is 1. The van der Waals surface area contributed by atoms with Crippen LogP contribution in [0.2, 0.25) is 0 Å². The molecule has 0 bridgehead atoms. The summed E-state index contributed by atoms with van der Waals surface area (Å²) in [5, 5.41) is 17.1. The number of nitrogen functional groups attached to an aromatic ring is 1. The van der Waals surface area contributed by atoms with Gasteiger partial charge < -0.3 is 10.8 Å². The highest BCUT2D eigenvalue weighted by molar-refractivity contribution is 5.48. The molecule has 5 heteroatoms. The number of phenolic OH excluding ortho intramolecular Hbond substituents is 1. The molecule has 0 aliphatic carbocycles. The van der Waals surface area contributed by atoms with Crippen LogP contribution in [0.4, 0.5) is 21.5 Å². The van der Waals surface area contributed by atoms with Crippen molar-refractivity contribution >= 4 is 17.1 Å². The zero-order valence-electron chi connectivity index (χ0n) is 9.92. The molecule has 2 aromatic carbocycles. The number of rotatable bonds is 2. The van der Waals surface area contributed by atoms with Gasteiger partial charge in [-0.1, -0.05) is 0 Å². The van der Waals surface area contributed by atoms with Crippen LogP contribution in [-0.2, 0) is 0 Å². The van der Waals surface area contributed by atoms with Gasteiger partial charge in [0.2, 0.25) is 0 Å². The highest BCUT2D eigenvalue weighted by Crippen LogP contribution is 2.20. The first-order valence-electron chi connectivity index (χ1n) is 5.18. The molecule has 0 aliphatic rings. The van der Waals surface area contributed by atoms with E-state index < -0.39 is 0 Å². The summed E-state index contributed by atoms with van der Waals surface area (Å²) in [6, 6.07) is 13.6. The summed E-state index contributed by atoms with van der Waals surface area (Å²) < 4.78 is 9.50. The van der Waals surface area contributed by atoms with Gasteiger partial charge in [-0.15, -0.1) is 0 Å². The highest BCUT2D eigenvalue weighted by Gasteiger charge is 1.91. The number of nitrogens with zero attached hydrogens (tertiary/aromatic N) is 2. The lowest BCUT2D eigenvalue weighted by molar-refractivity contribution is 0.475. The van der Waals surface area contributed by atoms with E-state index in [0.29, 0.717) is 18.6 Å². The maximum atomic E-state index is 9.50. The van der Waals surface area contributed by atoms with Crippen LogP contribution in [0.1, 0.15) is 0 Å². The van der Waals surface area contributed by atoms with E-state index in [2.05, 4.69) is 10.2 Å². The third-order valence-electron chi connectivity index (χ3n) is 2.02. The lowest BCUT2D eigenvalue weighted by Crippen LogP contribution is -1.80. The quantitative estimate of drug-likeness (QED) is 0.622. The molecular formula is C13H14FN3O. The fourth-order valence-corrected chi connectivity index (χ4v) is 1.18. The third-order valence-corrected chi connectivity index (χ3v) is 2.02. The lowest BCUT2D eigenvalue weighted by atomic mass is 10.3. The Morgan fingerprint density at radius 2 is 1.22 bits per heavy atom. The third kappa shape index (κ3) is 4.21. The van der Waals surface area contributed by atoms with Crippen molar-refractivity contribution in [1.82, 2.24) is 0 Å². The van der Waals surface area contributed by atoms with Crippen LogP contribution >= 0.6 is 0 Å². The van der Waals surface area contributed by atoms with Crippen molar-refractivity contribution < 1.29 is 9.50 Å². The van der Waals surface area contributed by atoms with Crippen LogP contribution in [0.5, 0.6) is 5.75 Å². The summed E-state index contributed by atoms with van der Waals surface area (Å²) in [5.74, 6) is 0.214. The molecule has 94 valence electrons. The van der Waals surface area contributed by atoms with Gasteiger partial charge in [0.1, 0.15) is 5.75 Å². The molecule has 0 atom stereocenters. The number of halogens is 1. The Morgan fingerprint density at radius 1 is 0.833 bits per heavy atom. The van der Waals surface area contributed by atoms with E-state index in [1.807, 2.05) is 0 Å². The topological polar surface area (TPSA) is 71.0 Å². The monoisotopic (exact) mass is 247 g/mol. The molecule has 0 saturated heterocycles. The molecule has 0 fully saturated rings. The van der Waals surface area contributed by atoms with Crippen LogP contribution in [0.3, 0.4) is 0 Å². The number of anilines is 1. The molecule has 18 heavy (non-hydrogen) atoms. The molecule has 0 aromatic heterocycles. The van der Waals surface area contributed by atoms with Crippen LogP contribution < -0.4 is 5.73 Å². The van der Waals surface area contributed by atoms with Gasteiger partial charge in [0.25, 0.3) is 0 Å². The predicted molar refractivity (Wildman–Crippen MR) is 70.2 cm³/mol. The van der Waals surface area contributed by atoms with Crippen LogP contribution in [0.25, 0.3) is 0 Å². The summed E-state index contributed by atoms with van der Waals surface area (Å²) in [6.07, 6.45) is 0. The average Bonchev–Trinajstić information content (AvgIpc) is 2.42. The zero-order valence-corrected chi connectivity index (χ0v) is 9.92. The summed E-state index contributed by atoms with van der Waals surface area (Å²) in [7, 11) is 0.500. The van der Waals surface area contributed by atoms with Crippen molar-refractivity contribution in [2.75, 3.05) is 12.9 Å². The van der Waals surface area contributed by atoms with E-state index in [1.54, 1.807) is 48.5 Å². The number of aromatic hydroxyl groups is 1. The molecule has 3 N–H and O–H groups in total. The van der Waals surface area contributed by atoms with Crippen LogP contribution in [0.15, 0.2) is 58.8 Å². The van der Waals surface area contributed by atoms with E-state index >= 15 is 0 Å². The number of phenols is 1. The first kappa shape index (κ1) is 13.6. The van der Waals surface area contributed by atoms with Crippen molar-refractivity contribution in [3.8, 4) is 5.75 Å². The Bertz CT molecular complexity index is 447. The Morgan fingerprint density at radius 3 is 1.67 bits per heavy atom. The summed E-state index contributed by atoms with van der Waals surface area (Å²) in [5.41, 5.74) is 7.68. The minimum absolute atomic E-state index is 0.214. The van der Waals surface area contributed by atoms with E-state index in [-0.39, 0.29) is 5.75 Å². The minimum Gasteiger partial charge on any atom is -0.508 e. The van der Waals surface area contributed by atoms with E-state index in [4.69, 9.17) is 10.8 Å². The van der Waals surface area contributed by atoms with Crippen molar-refractivity contribution in [2.45, 2.75) is 0 Å². The van der Waals surface area contributed by atoms with Gasteiger partial charge in [-0.2, -0.15) is 10.2 Å². The molecular weight excluding hydrogens is 233 g/mol. The smallest absolute Gasteiger partial charge is 0.115 e. The fraction of sp³-hybridized carbons (Fsp3) is 0.0769. The van der Waals surface area contributed by atoms with Crippen LogP contribution in [-0.4, -0.2) is 12.3 Å². The van der Waals surface area contributed by atoms with Gasteiger partial charge in [-0.05, 0) is 48.5 Å². The Labute approximate surface area is 105 Å². The second-order valence-corrected chi connectivity index (χ2v) is 3.31. The SMILES string of the molecule is CF.Nc1ccc(N=Nc2ccc(O)cc2)cc1. The number of azo groups is 1. The van der Waals surface area contributed by atoms with Gasteiger partial charge in [-0.3, -0.25) is 4.39 Å². The number of hydrogen-bond donors (Lipinski definition) is 2. The van der Waals surface area contributed by atoms with Gasteiger partial charge >= 0.3 is 0 Å². The molecule has 2 aromatic rings. The van der Waals surface area contributed by atoms with E-state index in [0.717, 1.165) is 5.69 Å². The van der Waals surface area contributed by atoms with E-state index in [9.17, 15) is 4.39 Å². The average molecular weight is 247 g/mol. The highest BCUT2D eigenvalue weighted by atomic mass is 19.1. The molecule has 0 amide bonds. The largest absolute Gasteiger partial charge is 0.508 e. The van der Waals surface area contributed by atoms with E-state index in [1.165, 1.54) is 0 Å². The summed E-state index contributed by atoms with van der Waals surface area (Å²) in [6.45, 7) is 0. The Balaban J connectivity index is 0.000000771. The standard InChI is InChI=1S/C12H11N3O.CH3F/c13-9-1-3-10(4-2-9)14-15-11-5-7-12(16)8-6-11;1-2/h1-8,16H,13H2;1H3. The number of benzene rings is 2. The Hall–Kier alpha value is -2.43. The maximum Gasteiger partial charge on any atom is 0.115 e. The Kier molecular flexibility index (Phi) is 5.31. The van der Waals surface area contributed by atoms with Gasteiger partial charge in [0.15, 0.2) is 0 Å². The predicted octanol–water partition coefficient (Wildman–Crippen LogP) is 3.98. The molecule has 0 unspecified atom stereocenters. The van der Waals surface area contributed by atoms with Crippen molar-refractivity contribution in [3.63, 3.8) is 0 Å². The first-order chi connectivity index (χ1) is 8.74. The normalized spacial score (nSPS) is 9.89. The molecule has 0 aliphatic heterocycles. The zero-order chi connectivity index (χ0) is 13.4. The fourth-order valence-electron chi connectivity index (χ4n) is 1.18. The van der Waals surface area contributed by atoms with Crippen LogP contribution in [0, 0.1) is 0 Å². The van der Waals surface area contributed by atoms with Gasteiger partial charge in [0.05, 0.1) is 18.6 Å². The first-order valence-corrected chi connectivity index (χ1v) is 5.18. The maximum absolute atomic E-state index is 9.50. The second kappa shape index (κ2) is 7.01. The molecule has 0 spiro atoms. The number of nitrogens with two attached hydrogens (primary N) is 1. The molecule has 2 rings (SSSR count). The second-order valence-electron chi connectivity index (χ2n) is 3.31. The summed E-state index contributed by atoms with van der Waals surface area (Å²) >= 11 is 0. The molecule has 0 radical (unpaired) electrons. The van der Waals surface area contributed by atoms with Gasteiger partial charge in [0, 0.05) is 5.69 Å². The minimum atomic E-state index is 0.214. The lowest BCUT2D eigenvalue weighted by Gasteiger charge is -1.95. The van der Waals surface area contributed by atoms with Gasteiger partial charge in [-0.25, -0.2) is 0 Å². The molecule has 0 saturated carbocycles. The van der Waals surface area contributed by atoms with Crippen molar-refractivity contribution in [1.29, 1.82) is 0 Å². The summed E-state index contributed by atoms with van der Waals surface area (Å²) in [4.78, 5) is 0.